The lowest BCUT2D eigenvalue weighted by atomic mass is 9.98. The lowest BCUT2D eigenvalue weighted by molar-refractivity contribution is 1.11. The molecule has 0 fully saturated rings. The molecule has 7 aromatic rings. The number of nitrogens with two attached hydrogens (primary N) is 1. The van der Waals surface area contributed by atoms with Gasteiger partial charge in [0.25, 0.3) is 0 Å². The van der Waals surface area contributed by atoms with Crippen molar-refractivity contribution in [1.82, 2.24) is 14.5 Å². The zero-order valence-corrected chi connectivity index (χ0v) is 23.6. The number of allylic oxidation sites excluding steroid dienone is 3. The fraction of sp³-hybridized carbons (Fsp3) is 0.0256. The van der Waals surface area contributed by atoms with E-state index in [0.29, 0.717) is 6.42 Å². The first-order chi connectivity index (χ1) is 21.3. The molecule has 0 aliphatic carbocycles. The number of benzene rings is 4. The largest absolute Gasteiger partial charge is 0.405 e. The zero-order chi connectivity index (χ0) is 29.0. The van der Waals surface area contributed by atoms with E-state index in [-0.39, 0.29) is 0 Å². The van der Waals surface area contributed by atoms with Crippen LogP contribution >= 0.6 is 0 Å². The van der Waals surface area contributed by atoms with Crippen molar-refractivity contribution >= 4 is 21.9 Å². The Labute approximate surface area is 251 Å². The van der Waals surface area contributed by atoms with Gasteiger partial charge in [0.05, 0.1) is 22.2 Å². The van der Waals surface area contributed by atoms with Crippen LogP contribution in [-0.2, 0) is 6.42 Å². The molecule has 0 radical (unpaired) electrons. The summed E-state index contributed by atoms with van der Waals surface area (Å²) in [7, 11) is 0. The van der Waals surface area contributed by atoms with E-state index in [1.165, 1.54) is 17.3 Å². The Morgan fingerprint density at radius 2 is 1.35 bits per heavy atom. The Hall–Kier alpha value is -5.74. The van der Waals surface area contributed by atoms with Crippen LogP contribution in [-0.4, -0.2) is 14.5 Å². The van der Waals surface area contributed by atoms with Crippen LogP contribution in [0, 0.1) is 0 Å². The van der Waals surface area contributed by atoms with Gasteiger partial charge in [-0.05, 0) is 83.1 Å². The normalized spacial score (nSPS) is 11.7. The summed E-state index contributed by atoms with van der Waals surface area (Å²) in [6, 6.07) is 44.8. The minimum atomic E-state index is 0.704. The highest BCUT2D eigenvalue weighted by Crippen LogP contribution is 2.33. The summed E-state index contributed by atoms with van der Waals surface area (Å²) in [6.07, 6.45) is 9.97. The number of rotatable bonds is 7. The molecule has 0 atom stereocenters. The van der Waals surface area contributed by atoms with Crippen molar-refractivity contribution in [3.05, 3.63) is 164 Å². The van der Waals surface area contributed by atoms with Crippen molar-refractivity contribution in [2.75, 3.05) is 0 Å². The number of hydrogen-bond acceptors (Lipinski definition) is 3. The fourth-order valence-electron chi connectivity index (χ4n) is 5.69. The third kappa shape index (κ3) is 5.22. The first-order valence-electron chi connectivity index (χ1n) is 14.4. The summed E-state index contributed by atoms with van der Waals surface area (Å²) >= 11 is 0. The van der Waals surface area contributed by atoms with E-state index in [9.17, 15) is 0 Å². The Bertz CT molecular complexity index is 2050. The highest BCUT2D eigenvalue weighted by atomic mass is 15.0. The maximum Gasteiger partial charge on any atom is 0.0963 e. The molecule has 4 heteroatoms. The van der Waals surface area contributed by atoms with Crippen LogP contribution in [0.3, 0.4) is 0 Å². The number of hydrogen-bond donors (Lipinski definition) is 1. The second-order valence-electron chi connectivity index (χ2n) is 10.5. The number of nitrogens with zero attached hydrogens (tertiary/aromatic N) is 3. The van der Waals surface area contributed by atoms with E-state index in [2.05, 4.69) is 131 Å². The summed E-state index contributed by atoms with van der Waals surface area (Å²) in [6.45, 7) is 0. The monoisotopic (exact) mass is 554 g/mol. The molecule has 0 spiro atoms. The predicted molar refractivity (Wildman–Crippen MR) is 179 cm³/mol. The predicted octanol–water partition coefficient (Wildman–Crippen LogP) is 9.15. The number of aromatic nitrogens is 3. The molecule has 43 heavy (non-hydrogen) atoms. The number of pyridine rings is 2. The van der Waals surface area contributed by atoms with E-state index < -0.39 is 0 Å². The van der Waals surface area contributed by atoms with Gasteiger partial charge in [-0.15, -0.1) is 0 Å². The van der Waals surface area contributed by atoms with E-state index in [0.717, 1.165) is 55.7 Å². The van der Waals surface area contributed by atoms with Crippen molar-refractivity contribution in [2.24, 2.45) is 5.73 Å². The van der Waals surface area contributed by atoms with Crippen molar-refractivity contribution in [1.29, 1.82) is 0 Å². The first-order valence-corrected chi connectivity index (χ1v) is 14.4. The molecule has 0 amide bonds. The molecular formula is C39H30N4. The summed E-state index contributed by atoms with van der Waals surface area (Å²) in [5, 5.41) is 1.15. The van der Waals surface area contributed by atoms with E-state index in [1.54, 1.807) is 0 Å². The van der Waals surface area contributed by atoms with Crippen LogP contribution in [0.4, 0.5) is 0 Å². The molecule has 0 aliphatic rings. The van der Waals surface area contributed by atoms with Gasteiger partial charge < -0.3 is 10.3 Å². The Morgan fingerprint density at radius 3 is 2.21 bits per heavy atom. The third-order valence-corrected chi connectivity index (χ3v) is 7.72. The molecule has 206 valence electrons. The van der Waals surface area contributed by atoms with Gasteiger partial charge in [-0.1, -0.05) is 91.0 Å². The number of para-hydroxylation sites is 1. The lowest BCUT2D eigenvalue weighted by Gasteiger charge is -2.12. The van der Waals surface area contributed by atoms with Crippen LogP contribution in [0.1, 0.15) is 5.69 Å². The van der Waals surface area contributed by atoms with Crippen molar-refractivity contribution in [3.8, 4) is 39.2 Å². The van der Waals surface area contributed by atoms with Crippen LogP contribution in [0.15, 0.2) is 158 Å². The molecule has 2 N–H and O–H groups in total. The SMILES string of the molecule is N/C=C\C=C/Cc1cc(-c2ccc(-n3c4ccccc4c4ncccc43)cc2)cc(-c2cccc(-c3ccccc3)c2)n1. The molecule has 0 aliphatic heterocycles. The quantitative estimate of drug-likeness (QED) is 0.200. The Morgan fingerprint density at radius 1 is 0.605 bits per heavy atom. The van der Waals surface area contributed by atoms with Crippen LogP contribution in [0.2, 0.25) is 0 Å². The number of fused-ring (bicyclic) bond motifs is 3. The summed E-state index contributed by atoms with van der Waals surface area (Å²) in [4.78, 5) is 9.76. The summed E-state index contributed by atoms with van der Waals surface area (Å²) in [5.41, 5.74) is 17.5. The maximum atomic E-state index is 5.53. The summed E-state index contributed by atoms with van der Waals surface area (Å²) < 4.78 is 2.29. The van der Waals surface area contributed by atoms with E-state index in [1.807, 2.05) is 30.5 Å². The smallest absolute Gasteiger partial charge is 0.0963 e. The molecular weight excluding hydrogens is 524 g/mol. The lowest BCUT2D eigenvalue weighted by Crippen LogP contribution is -1.96. The first kappa shape index (κ1) is 26.2. The minimum absolute atomic E-state index is 0.704. The van der Waals surface area contributed by atoms with Gasteiger partial charge in [-0.2, -0.15) is 0 Å². The van der Waals surface area contributed by atoms with Crippen LogP contribution < -0.4 is 5.73 Å². The Kier molecular flexibility index (Phi) is 7.08. The Balaban J connectivity index is 1.30. The molecule has 0 bridgehead atoms. The van der Waals surface area contributed by atoms with Gasteiger partial charge in [0.2, 0.25) is 0 Å². The highest BCUT2D eigenvalue weighted by Gasteiger charge is 2.13. The van der Waals surface area contributed by atoms with Gasteiger partial charge in [-0.3, -0.25) is 9.97 Å². The molecule has 4 nitrogen and oxygen atoms in total. The highest BCUT2D eigenvalue weighted by molar-refractivity contribution is 6.06. The second kappa shape index (κ2) is 11.6. The van der Waals surface area contributed by atoms with Gasteiger partial charge in [0.15, 0.2) is 0 Å². The second-order valence-corrected chi connectivity index (χ2v) is 10.5. The van der Waals surface area contributed by atoms with Crippen LogP contribution in [0.25, 0.3) is 61.1 Å². The van der Waals surface area contributed by atoms with E-state index >= 15 is 0 Å². The topological polar surface area (TPSA) is 56.7 Å². The van der Waals surface area contributed by atoms with Gasteiger partial charge in [0.1, 0.15) is 0 Å². The standard InChI is InChI=1S/C39H30N4/c40-23-8-2-5-15-33-26-32(27-36(42-33)31-14-9-13-30(25-31)28-11-3-1-4-12-28)29-19-21-34(22-20-29)43-37-17-7-6-16-35(37)39-38(43)18-10-24-41-39/h1-14,16-27H,15,40H2/b5-2-,23-8-. The molecule has 0 saturated carbocycles. The summed E-state index contributed by atoms with van der Waals surface area (Å²) in [5.74, 6) is 0. The van der Waals surface area contributed by atoms with Gasteiger partial charge in [-0.25, -0.2) is 0 Å². The maximum absolute atomic E-state index is 5.53. The molecule has 7 rings (SSSR count). The minimum Gasteiger partial charge on any atom is -0.405 e. The molecule has 3 aromatic heterocycles. The third-order valence-electron chi connectivity index (χ3n) is 7.72. The molecule has 0 saturated heterocycles. The zero-order valence-electron chi connectivity index (χ0n) is 23.6. The molecule has 4 aromatic carbocycles. The van der Waals surface area contributed by atoms with Gasteiger partial charge in [0, 0.05) is 34.9 Å². The molecule has 0 unspecified atom stereocenters. The molecule has 3 heterocycles. The van der Waals surface area contributed by atoms with E-state index in [4.69, 9.17) is 10.7 Å². The van der Waals surface area contributed by atoms with Crippen molar-refractivity contribution < 1.29 is 0 Å². The van der Waals surface area contributed by atoms with Crippen molar-refractivity contribution in [2.45, 2.75) is 6.42 Å². The van der Waals surface area contributed by atoms with Crippen LogP contribution in [0.5, 0.6) is 0 Å². The fourth-order valence-corrected chi connectivity index (χ4v) is 5.69. The van der Waals surface area contributed by atoms with Gasteiger partial charge >= 0.3 is 0 Å². The average molecular weight is 555 g/mol. The average Bonchev–Trinajstić information content (AvgIpc) is 3.42. The van der Waals surface area contributed by atoms with Crippen molar-refractivity contribution in [3.63, 3.8) is 0 Å².